The van der Waals surface area contributed by atoms with E-state index in [0.29, 0.717) is 34.2 Å². The van der Waals surface area contributed by atoms with Crippen molar-refractivity contribution in [2.24, 2.45) is 0 Å². The number of aromatic amines is 1. The van der Waals surface area contributed by atoms with Crippen LogP contribution < -0.4 is 5.32 Å². The van der Waals surface area contributed by atoms with Gasteiger partial charge in [0.25, 0.3) is 0 Å². The van der Waals surface area contributed by atoms with E-state index < -0.39 is 29.2 Å². The molecule has 0 aliphatic carbocycles. The van der Waals surface area contributed by atoms with E-state index in [0.717, 1.165) is 16.6 Å². The molecule has 11 heteroatoms. The van der Waals surface area contributed by atoms with Gasteiger partial charge in [-0.2, -0.15) is 31.4 Å². The van der Waals surface area contributed by atoms with E-state index in [-0.39, 0.29) is 11.9 Å². The van der Waals surface area contributed by atoms with Gasteiger partial charge in [0.05, 0.1) is 16.6 Å². The van der Waals surface area contributed by atoms with Gasteiger partial charge in [-0.15, -0.1) is 10.2 Å². The fourth-order valence-corrected chi connectivity index (χ4v) is 3.87. The number of aryl methyl sites for hydroxylation is 1. The molecular weight excluding hydrogens is 472 g/mol. The standard InChI is InChI=1S/C24H15F6N5/c1-12-17-7-6-13(8-20(17)33-32-12)21-18-4-2-3-5-19(18)22(35-34-21)31-16-10-14(23(25,26)27)9-15(11-16)24(28,29)30/h2-11H,1H3,(H,31,35)(H,32,33). The molecular formula is C24H15F6N5. The third kappa shape index (κ3) is 4.25. The second kappa shape index (κ2) is 7.97. The van der Waals surface area contributed by atoms with Gasteiger partial charge in [0, 0.05) is 33.1 Å². The lowest BCUT2D eigenvalue weighted by atomic mass is 10.0. The van der Waals surface area contributed by atoms with Crippen LogP contribution >= 0.6 is 0 Å². The van der Waals surface area contributed by atoms with Crippen LogP contribution in [-0.4, -0.2) is 20.4 Å². The van der Waals surface area contributed by atoms with Crippen molar-refractivity contribution in [3.63, 3.8) is 0 Å². The van der Waals surface area contributed by atoms with Crippen LogP contribution in [0.3, 0.4) is 0 Å². The molecule has 0 fully saturated rings. The molecule has 2 aromatic heterocycles. The normalized spacial score (nSPS) is 12.4. The number of nitrogens with one attached hydrogen (secondary N) is 2. The van der Waals surface area contributed by atoms with Crippen molar-refractivity contribution in [1.82, 2.24) is 20.4 Å². The van der Waals surface area contributed by atoms with Crippen LogP contribution in [0.4, 0.5) is 37.8 Å². The van der Waals surface area contributed by atoms with Crippen molar-refractivity contribution in [1.29, 1.82) is 0 Å². The molecule has 0 unspecified atom stereocenters. The fraction of sp³-hybridized carbons (Fsp3) is 0.125. The molecule has 0 saturated heterocycles. The highest BCUT2D eigenvalue weighted by atomic mass is 19.4. The van der Waals surface area contributed by atoms with Crippen LogP contribution in [0.5, 0.6) is 0 Å². The summed E-state index contributed by atoms with van der Waals surface area (Å²) in [6, 6.07) is 13.7. The van der Waals surface area contributed by atoms with E-state index in [9.17, 15) is 26.3 Å². The van der Waals surface area contributed by atoms with Crippen molar-refractivity contribution < 1.29 is 26.3 Å². The molecule has 0 atom stereocenters. The van der Waals surface area contributed by atoms with Gasteiger partial charge in [-0.25, -0.2) is 0 Å². The molecule has 0 amide bonds. The second-order valence-electron chi connectivity index (χ2n) is 7.94. The predicted octanol–water partition coefficient (Wildman–Crippen LogP) is 7.26. The minimum absolute atomic E-state index is 0.0218. The minimum atomic E-state index is -4.96. The maximum atomic E-state index is 13.3. The van der Waals surface area contributed by atoms with Crippen LogP contribution in [0, 0.1) is 6.92 Å². The number of H-pyrrole nitrogens is 1. The van der Waals surface area contributed by atoms with Crippen LogP contribution in [0.25, 0.3) is 32.9 Å². The Morgan fingerprint density at radius 1 is 0.743 bits per heavy atom. The molecule has 0 radical (unpaired) electrons. The van der Waals surface area contributed by atoms with Gasteiger partial charge < -0.3 is 5.32 Å². The Morgan fingerprint density at radius 2 is 1.40 bits per heavy atom. The molecule has 0 bridgehead atoms. The van der Waals surface area contributed by atoms with E-state index in [1.807, 2.05) is 25.1 Å². The Morgan fingerprint density at radius 3 is 2.06 bits per heavy atom. The zero-order chi connectivity index (χ0) is 25.0. The van der Waals surface area contributed by atoms with E-state index in [2.05, 4.69) is 25.7 Å². The molecule has 0 spiro atoms. The highest BCUT2D eigenvalue weighted by Crippen LogP contribution is 2.39. The molecule has 2 heterocycles. The molecule has 5 nitrogen and oxygen atoms in total. The first kappa shape index (κ1) is 22.6. The third-order valence-corrected chi connectivity index (χ3v) is 5.56. The first-order valence-electron chi connectivity index (χ1n) is 10.3. The number of rotatable bonds is 3. The zero-order valence-corrected chi connectivity index (χ0v) is 17.9. The molecule has 0 aliphatic rings. The molecule has 5 rings (SSSR count). The number of benzene rings is 3. The molecule has 5 aromatic rings. The summed E-state index contributed by atoms with van der Waals surface area (Å²) in [6.07, 6.45) is -9.92. The van der Waals surface area contributed by atoms with Crippen molar-refractivity contribution in [3.8, 4) is 11.3 Å². The van der Waals surface area contributed by atoms with E-state index >= 15 is 0 Å². The molecule has 35 heavy (non-hydrogen) atoms. The monoisotopic (exact) mass is 487 g/mol. The lowest BCUT2D eigenvalue weighted by molar-refractivity contribution is -0.143. The number of hydrogen-bond acceptors (Lipinski definition) is 4. The maximum Gasteiger partial charge on any atom is 0.416 e. The highest BCUT2D eigenvalue weighted by molar-refractivity contribution is 6.02. The molecule has 0 saturated carbocycles. The average molecular weight is 487 g/mol. The number of alkyl halides is 6. The molecule has 2 N–H and O–H groups in total. The van der Waals surface area contributed by atoms with Gasteiger partial charge in [-0.05, 0) is 31.2 Å². The summed E-state index contributed by atoms with van der Waals surface area (Å²) in [5.74, 6) is 0.0218. The van der Waals surface area contributed by atoms with Crippen molar-refractivity contribution in [2.45, 2.75) is 19.3 Å². The summed E-state index contributed by atoms with van der Waals surface area (Å²) in [5, 5.41) is 20.1. The highest BCUT2D eigenvalue weighted by Gasteiger charge is 2.37. The first-order valence-corrected chi connectivity index (χ1v) is 10.3. The number of nitrogens with zero attached hydrogens (tertiary/aromatic N) is 3. The summed E-state index contributed by atoms with van der Waals surface area (Å²) < 4.78 is 79.5. The maximum absolute atomic E-state index is 13.3. The van der Waals surface area contributed by atoms with Gasteiger partial charge in [-0.3, -0.25) is 5.10 Å². The van der Waals surface area contributed by atoms with Crippen molar-refractivity contribution >= 4 is 33.2 Å². The first-order chi connectivity index (χ1) is 16.5. The van der Waals surface area contributed by atoms with Crippen molar-refractivity contribution in [3.05, 3.63) is 77.5 Å². The largest absolute Gasteiger partial charge is 0.416 e. The predicted molar refractivity (Wildman–Crippen MR) is 119 cm³/mol. The number of aromatic nitrogens is 4. The number of anilines is 2. The molecule has 3 aromatic carbocycles. The Hall–Kier alpha value is -4.15. The Kier molecular flexibility index (Phi) is 5.15. The summed E-state index contributed by atoms with van der Waals surface area (Å²) >= 11 is 0. The lowest BCUT2D eigenvalue weighted by Gasteiger charge is -2.16. The quantitative estimate of drug-likeness (QED) is 0.263. The van der Waals surface area contributed by atoms with Gasteiger partial charge in [0.1, 0.15) is 5.69 Å². The fourth-order valence-electron chi connectivity index (χ4n) is 3.87. The van der Waals surface area contributed by atoms with Crippen LogP contribution in [0.15, 0.2) is 60.7 Å². The Labute approximate surface area is 193 Å². The van der Waals surface area contributed by atoms with E-state index in [1.54, 1.807) is 24.3 Å². The smallest absolute Gasteiger partial charge is 0.338 e. The van der Waals surface area contributed by atoms with Gasteiger partial charge >= 0.3 is 12.4 Å². The number of halogens is 6. The van der Waals surface area contributed by atoms with E-state index in [4.69, 9.17) is 0 Å². The Bertz CT molecular complexity index is 1540. The SMILES string of the molecule is Cc1[nH]nc2cc(-c3nnc(Nc4cc(C(F)(F)F)cc(C(F)(F)F)c4)c4ccccc34)ccc12. The van der Waals surface area contributed by atoms with Crippen LogP contribution in [0.2, 0.25) is 0 Å². The summed E-state index contributed by atoms with van der Waals surface area (Å²) in [6.45, 7) is 1.89. The topological polar surface area (TPSA) is 66.5 Å². The van der Waals surface area contributed by atoms with Gasteiger partial charge in [-0.1, -0.05) is 36.4 Å². The third-order valence-electron chi connectivity index (χ3n) is 5.56. The van der Waals surface area contributed by atoms with E-state index in [1.165, 1.54) is 0 Å². The zero-order valence-electron chi connectivity index (χ0n) is 17.9. The summed E-state index contributed by atoms with van der Waals surface area (Å²) in [4.78, 5) is 0. The minimum Gasteiger partial charge on any atom is -0.338 e. The summed E-state index contributed by atoms with van der Waals surface area (Å²) in [5.41, 5.74) is -0.435. The van der Waals surface area contributed by atoms with Crippen molar-refractivity contribution in [2.75, 3.05) is 5.32 Å². The number of hydrogen-bond donors (Lipinski definition) is 2. The van der Waals surface area contributed by atoms with Gasteiger partial charge in [0.2, 0.25) is 0 Å². The second-order valence-corrected chi connectivity index (χ2v) is 7.94. The lowest BCUT2D eigenvalue weighted by Crippen LogP contribution is -2.12. The van der Waals surface area contributed by atoms with Crippen LogP contribution in [0.1, 0.15) is 16.8 Å². The van der Waals surface area contributed by atoms with Gasteiger partial charge in [0.15, 0.2) is 5.82 Å². The average Bonchev–Trinajstić information content (AvgIpc) is 3.18. The molecule has 0 aliphatic heterocycles. The Balaban J connectivity index is 1.61. The summed E-state index contributed by atoms with van der Waals surface area (Å²) in [7, 11) is 0. The molecule has 178 valence electrons. The van der Waals surface area contributed by atoms with Crippen LogP contribution in [-0.2, 0) is 12.4 Å². The number of fused-ring (bicyclic) bond motifs is 2.